The largest absolute Gasteiger partial charge is 0.377 e. The van der Waals surface area contributed by atoms with Crippen molar-refractivity contribution < 1.29 is 9.53 Å². The van der Waals surface area contributed by atoms with E-state index in [1.54, 1.807) is 19.1 Å². The average molecular weight is 289 g/mol. The molecule has 0 fully saturated rings. The average Bonchev–Trinajstić information content (AvgIpc) is 2.51. The number of nitrogens with zero attached hydrogens (tertiary/aromatic N) is 2. The fraction of sp³-hybridized carbons (Fsp3) is 0.500. The summed E-state index contributed by atoms with van der Waals surface area (Å²) in [5, 5.41) is 11.7. The van der Waals surface area contributed by atoms with E-state index in [1.165, 1.54) is 0 Å². The topological polar surface area (TPSA) is 65.4 Å². The van der Waals surface area contributed by atoms with Crippen molar-refractivity contribution in [1.82, 2.24) is 4.90 Å². The first-order chi connectivity index (χ1) is 9.99. The highest BCUT2D eigenvalue weighted by Gasteiger charge is 2.17. The van der Waals surface area contributed by atoms with Gasteiger partial charge in [0.1, 0.15) is 6.04 Å². The first kappa shape index (κ1) is 17.0. The number of anilines is 1. The van der Waals surface area contributed by atoms with Gasteiger partial charge in [-0.25, -0.2) is 0 Å². The number of hydrogen-bond donors (Lipinski definition) is 1. The van der Waals surface area contributed by atoms with Crippen molar-refractivity contribution in [2.45, 2.75) is 32.4 Å². The van der Waals surface area contributed by atoms with Crippen LogP contribution in [0.2, 0.25) is 0 Å². The highest BCUT2D eigenvalue weighted by Crippen LogP contribution is 2.20. The van der Waals surface area contributed by atoms with Gasteiger partial charge in [0.15, 0.2) is 0 Å². The van der Waals surface area contributed by atoms with Gasteiger partial charge in [-0.3, -0.25) is 4.79 Å². The maximum atomic E-state index is 12.2. The van der Waals surface area contributed by atoms with Gasteiger partial charge >= 0.3 is 0 Å². The Morgan fingerprint density at radius 1 is 1.48 bits per heavy atom. The van der Waals surface area contributed by atoms with E-state index in [9.17, 15) is 4.79 Å². The van der Waals surface area contributed by atoms with Gasteiger partial charge in [-0.2, -0.15) is 5.26 Å². The molecule has 0 radical (unpaired) electrons. The van der Waals surface area contributed by atoms with Crippen molar-refractivity contribution in [3.63, 3.8) is 0 Å². The predicted octanol–water partition coefficient (Wildman–Crippen LogP) is 2.57. The third-order valence-corrected chi connectivity index (χ3v) is 3.40. The minimum Gasteiger partial charge on any atom is -0.377 e. The molecule has 0 aliphatic rings. The summed E-state index contributed by atoms with van der Waals surface area (Å²) in [7, 11) is 3.38. The van der Waals surface area contributed by atoms with Crippen LogP contribution in [0.4, 0.5) is 5.69 Å². The summed E-state index contributed by atoms with van der Waals surface area (Å²) < 4.78 is 5.29. The number of ether oxygens (including phenoxy) is 1. The molecule has 1 rings (SSSR count). The molecular weight excluding hydrogens is 266 g/mol. The summed E-state index contributed by atoms with van der Waals surface area (Å²) in [6, 6.07) is 9.52. The summed E-state index contributed by atoms with van der Waals surface area (Å²) in [6.45, 7) is 4.24. The van der Waals surface area contributed by atoms with E-state index in [-0.39, 0.29) is 18.1 Å². The Kier molecular flexibility index (Phi) is 6.70. The van der Waals surface area contributed by atoms with Gasteiger partial charge in [-0.15, -0.1) is 0 Å². The number of nitriles is 1. The molecule has 0 spiro atoms. The molecule has 21 heavy (non-hydrogen) atoms. The molecule has 0 saturated heterocycles. The van der Waals surface area contributed by atoms with E-state index in [4.69, 9.17) is 10.00 Å². The van der Waals surface area contributed by atoms with Crippen LogP contribution in [0.1, 0.15) is 31.9 Å². The number of carbonyl (C=O) groups is 1. The van der Waals surface area contributed by atoms with E-state index in [0.717, 1.165) is 11.3 Å². The molecule has 0 saturated carbocycles. The van der Waals surface area contributed by atoms with Gasteiger partial charge < -0.3 is 15.0 Å². The Labute approximate surface area is 126 Å². The van der Waals surface area contributed by atoms with Gasteiger partial charge in [0, 0.05) is 26.4 Å². The first-order valence-corrected chi connectivity index (χ1v) is 7.00. The van der Waals surface area contributed by atoms with Crippen LogP contribution in [0.5, 0.6) is 0 Å². The molecule has 114 valence electrons. The lowest BCUT2D eigenvalue weighted by atomic mass is 10.1. The third-order valence-electron chi connectivity index (χ3n) is 3.40. The zero-order valence-electron chi connectivity index (χ0n) is 13.1. The molecule has 5 nitrogen and oxygen atoms in total. The molecule has 1 aromatic carbocycles. The predicted molar refractivity (Wildman–Crippen MR) is 82.8 cm³/mol. The van der Waals surface area contributed by atoms with E-state index in [1.807, 2.05) is 44.2 Å². The van der Waals surface area contributed by atoms with E-state index < -0.39 is 0 Å². The summed E-state index contributed by atoms with van der Waals surface area (Å²) in [5.74, 6) is -0.0320. The second-order valence-corrected chi connectivity index (χ2v) is 5.04. The standard InChI is InChI=1S/C16H23N3O2/c1-12(16(20)19(3)10-6-9-17)18-15-8-5-7-14(11-15)13(2)21-4/h5,7-8,11-13,18H,6,10H2,1-4H3/t12-,13-/m0/s1. The van der Waals surface area contributed by atoms with Crippen molar-refractivity contribution in [2.75, 3.05) is 26.0 Å². The van der Waals surface area contributed by atoms with Gasteiger partial charge in [0.2, 0.25) is 5.91 Å². The van der Waals surface area contributed by atoms with Crippen LogP contribution >= 0.6 is 0 Å². The number of likely N-dealkylation sites (N-methyl/N-ethyl adjacent to an activating group) is 1. The number of benzene rings is 1. The van der Waals surface area contributed by atoms with Crippen LogP contribution in [0.25, 0.3) is 0 Å². The summed E-state index contributed by atoms with van der Waals surface area (Å²) in [4.78, 5) is 13.7. The minimum absolute atomic E-state index is 0.0102. The van der Waals surface area contributed by atoms with Gasteiger partial charge in [0.05, 0.1) is 18.6 Å². The molecule has 0 heterocycles. The number of methoxy groups -OCH3 is 1. The fourth-order valence-corrected chi connectivity index (χ4v) is 1.99. The highest BCUT2D eigenvalue weighted by molar-refractivity contribution is 5.84. The maximum absolute atomic E-state index is 12.2. The number of carbonyl (C=O) groups excluding carboxylic acids is 1. The smallest absolute Gasteiger partial charge is 0.244 e. The van der Waals surface area contributed by atoms with Crippen LogP contribution in [0, 0.1) is 11.3 Å². The minimum atomic E-state index is -0.346. The van der Waals surface area contributed by atoms with E-state index in [0.29, 0.717) is 13.0 Å². The van der Waals surface area contributed by atoms with Crippen LogP contribution in [0.3, 0.4) is 0 Å². The Hall–Kier alpha value is -2.06. The molecule has 2 atom stereocenters. The fourth-order valence-electron chi connectivity index (χ4n) is 1.99. The van der Waals surface area contributed by atoms with Crippen LogP contribution in [-0.2, 0) is 9.53 Å². The number of nitrogens with one attached hydrogen (secondary N) is 1. The molecule has 1 amide bonds. The van der Waals surface area contributed by atoms with Gasteiger partial charge in [-0.1, -0.05) is 12.1 Å². The number of rotatable bonds is 7. The van der Waals surface area contributed by atoms with E-state index in [2.05, 4.69) is 5.32 Å². The molecule has 5 heteroatoms. The van der Waals surface area contributed by atoms with Gasteiger partial charge in [-0.05, 0) is 31.5 Å². The number of hydrogen-bond acceptors (Lipinski definition) is 4. The maximum Gasteiger partial charge on any atom is 0.244 e. The van der Waals surface area contributed by atoms with Gasteiger partial charge in [0.25, 0.3) is 0 Å². The molecule has 0 unspecified atom stereocenters. The Morgan fingerprint density at radius 3 is 2.81 bits per heavy atom. The molecule has 1 aromatic rings. The molecule has 0 aliphatic carbocycles. The van der Waals surface area contributed by atoms with E-state index >= 15 is 0 Å². The summed E-state index contributed by atoms with van der Waals surface area (Å²) in [5.41, 5.74) is 1.94. The normalized spacial score (nSPS) is 13.1. The second-order valence-electron chi connectivity index (χ2n) is 5.04. The first-order valence-electron chi connectivity index (χ1n) is 7.00. The van der Waals surface area contributed by atoms with Crippen molar-refractivity contribution in [3.05, 3.63) is 29.8 Å². The van der Waals surface area contributed by atoms with Crippen molar-refractivity contribution >= 4 is 11.6 Å². The molecule has 0 bridgehead atoms. The lowest BCUT2D eigenvalue weighted by Crippen LogP contribution is -2.39. The third kappa shape index (κ3) is 5.09. The quantitative estimate of drug-likeness (QED) is 0.838. The Morgan fingerprint density at radius 2 is 2.19 bits per heavy atom. The molecular formula is C16H23N3O2. The second kappa shape index (κ2) is 8.28. The van der Waals surface area contributed by atoms with Crippen LogP contribution in [0.15, 0.2) is 24.3 Å². The zero-order valence-corrected chi connectivity index (χ0v) is 13.1. The van der Waals surface area contributed by atoms with Crippen molar-refractivity contribution in [3.8, 4) is 6.07 Å². The van der Waals surface area contributed by atoms with Crippen LogP contribution in [-0.4, -0.2) is 37.6 Å². The molecule has 0 aliphatic heterocycles. The monoisotopic (exact) mass is 289 g/mol. The lowest BCUT2D eigenvalue weighted by Gasteiger charge is -2.22. The highest BCUT2D eigenvalue weighted by atomic mass is 16.5. The van der Waals surface area contributed by atoms with Crippen LogP contribution < -0.4 is 5.32 Å². The summed E-state index contributed by atoms with van der Waals surface area (Å²) >= 11 is 0. The lowest BCUT2D eigenvalue weighted by molar-refractivity contribution is -0.130. The number of amides is 1. The molecule has 1 N–H and O–H groups in total. The summed E-state index contributed by atoms with van der Waals surface area (Å²) in [6.07, 6.45) is 0.353. The SMILES string of the molecule is CO[C@@H](C)c1cccc(N[C@@H](C)C(=O)N(C)CCC#N)c1. The zero-order chi connectivity index (χ0) is 15.8. The van der Waals surface area contributed by atoms with Crippen molar-refractivity contribution in [2.24, 2.45) is 0 Å². The van der Waals surface area contributed by atoms with Crippen molar-refractivity contribution in [1.29, 1.82) is 5.26 Å². The molecule has 0 aromatic heterocycles. The Balaban J connectivity index is 2.68. The Bertz CT molecular complexity index is 510.